The van der Waals surface area contributed by atoms with Crippen LogP contribution in [0.5, 0.6) is 0 Å². The summed E-state index contributed by atoms with van der Waals surface area (Å²) in [5.41, 5.74) is 0. The van der Waals surface area contributed by atoms with Crippen molar-refractivity contribution in [2.24, 2.45) is 0 Å². The van der Waals surface area contributed by atoms with Crippen LogP contribution < -0.4 is 5.32 Å². The van der Waals surface area contributed by atoms with Gasteiger partial charge in [-0.1, -0.05) is 283 Å². The van der Waals surface area contributed by atoms with Crippen LogP contribution in [0.1, 0.15) is 278 Å². The second-order valence-electron chi connectivity index (χ2n) is 23.9. The molecule has 0 aromatic rings. The van der Waals surface area contributed by atoms with E-state index >= 15 is 0 Å². The molecule has 8 atom stereocenters. The summed E-state index contributed by atoms with van der Waals surface area (Å²) in [5, 5.41) is 57.2. The molecular weight excluding hydrogens is 1100 g/mol. The van der Waals surface area contributed by atoms with E-state index in [-0.39, 0.29) is 19.4 Å². The predicted molar refractivity (Wildman–Crippen MR) is 370 cm³/mol. The molecule has 1 aliphatic heterocycles. The maximum Gasteiger partial charge on any atom is 0.306 e. The number of rotatable bonds is 59. The lowest BCUT2D eigenvalue weighted by Gasteiger charge is -2.41. The normalized spacial score (nSPS) is 19.0. The SMILES string of the molecule is CC/C=C\C/C=C\C/C=C\C/C=C\C/C=C\C/C=C\CCCCCC(O)C(=O)NC(COC1OC(CO)C(O)C(O)C1OC(=O)CCCCCCCCCCC/C=C\C/C=C\C/C=C\C/C=C\CCCCC)C(O)/C=C/CCCCCCCCCCCC. The number of carbonyl (C=O) groups excluding carboxylic acids is 2. The molecule has 8 unspecified atom stereocenters. The summed E-state index contributed by atoms with van der Waals surface area (Å²) in [4.78, 5) is 26.7. The van der Waals surface area contributed by atoms with Gasteiger partial charge in [-0.15, -0.1) is 0 Å². The van der Waals surface area contributed by atoms with E-state index in [0.29, 0.717) is 12.8 Å². The van der Waals surface area contributed by atoms with Gasteiger partial charge in [0.15, 0.2) is 12.4 Å². The highest BCUT2D eigenvalue weighted by Crippen LogP contribution is 2.26. The molecule has 1 heterocycles. The topological polar surface area (TPSA) is 175 Å². The number of aliphatic hydroxyl groups is 5. The molecule has 11 heteroatoms. The highest BCUT2D eigenvalue weighted by atomic mass is 16.7. The van der Waals surface area contributed by atoms with Crippen LogP contribution >= 0.6 is 0 Å². The van der Waals surface area contributed by atoms with E-state index < -0.39 is 67.4 Å². The Balaban J connectivity index is 2.62. The molecule has 1 rings (SSSR count). The summed E-state index contributed by atoms with van der Waals surface area (Å²) in [6.07, 6.45) is 79.1. The first kappa shape index (κ1) is 81.8. The van der Waals surface area contributed by atoms with Gasteiger partial charge in [-0.3, -0.25) is 9.59 Å². The molecule has 6 N–H and O–H groups in total. The fraction of sp³-hybridized carbons (Fsp3) is 0.688. The van der Waals surface area contributed by atoms with E-state index in [0.717, 1.165) is 135 Å². The fourth-order valence-corrected chi connectivity index (χ4v) is 10.2. The highest BCUT2D eigenvalue weighted by Gasteiger charge is 2.47. The van der Waals surface area contributed by atoms with Gasteiger partial charge >= 0.3 is 5.97 Å². The standard InChI is InChI=1S/C77H129NO10/c1-4-7-10-13-16-19-22-25-27-29-31-33-35-36-37-39-41-43-45-47-50-53-56-59-62-65-72(82)88-75-74(84)73(83)71(66-79)87-77(75)86-67-68(69(80)63-60-57-54-51-48-24-21-18-15-12-9-6-3)78-76(85)70(81)64-61-58-55-52-49-46-44-42-40-38-34-32-30-28-26-23-20-17-14-11-8-5-2/h8,11,16-17,19-20,25-28,31-34,36-37,40,42,46,49,60,63,68-71,73-75,77,79-81,83-84H,4-7,9-10,12-15,18,21-24,29-30,35,38-39,41,43-45,47-48,50-59,61-62,64-67H2,1-3H3,(H,78,85)/b11-8-,19-16-,20-17-,27-25-,28-26-,33-31-,34-32-,37-36-,42-40-,49-46-,63-60+. The third-order valence-corrected chi connectivity index (χ3v) is 15.8. The number of carbonyl (C=O) groups is 2. The zero-order chi connectivity index (χ0) is 63.9. The number of ether oxygens (including phenoxy) is 3. The summed E-state index contributed by atoms with van der Waals surface area (Å²) in [5.74, 6) is -1.23. The van der Waals surface area contributed by atoms with Crippen LogP contribution in [0.2, 0.25) is 0 Å². The van der Waals surface area contributed by atoms with Crippen LogP contribution in [0.3, 0.4) is 0 Å². The third-order valence-electron chi connectivity index (χ3n) is 15.8. The van der Waals surface area contributed by atoms with E-state index in [2.05, 4.69) is 148 Å². The number of amides is 1. The minimum absolute atomic E-state index is 0.106. The molecule has 0 radical (unpaired) electrons. The lowest BCUT2D eigenvalue weighted by molar-refractivity contribution is -0.305. The Morgan fingerprint density at radius 3 is 1.25 bits per heavy atom. The number of unbranched alkanes of at least 4 members (excludes halogenated alkanes) is 25. The van der Waals surface area contributed by atoms with E-state index in [1.54, 1.807) is 6.08 Å². The summed E-state index contributed by atoms with van der Waals surface area (Å²) in [6, 6.07) is -1.05. The van der Waals surface area contributed by atoms with Crippen molar-refractivity contribution in [3.05, 3.63) is 134 Å². The van der Waals surface area contributed by atoms with Crippen LogP contribution in [0, 0.1) is 0 Å². The lowest BCUT2D eigenvalue weighted by atomic mass is 9.99. The highest BCUT2D eigenvalue weighted by molar-refractivity contribution is 5.80. The van der Waals surface area contributed by atoms with Crippen molar-refractivity contribution in [3.63, 3.8) is 0 Å². The van der Waals surface area contributed by atoms with Gasteiger partial charge in [-0.05, 0) is 122 Å². The first-order chi connectivity index (χ1) is 43.2. The Bertz CT molecular complexity index is 1950. The summed E-state index contributed by atoms with van der Waals surface area (Å²) >= 11 is 0. The molecular formula is C77H129NO10. The van der Waals surface area contributed by atoms with Crippen LogP contribution in [-0.4, -0.2) is 99.6 Å². The van der Waals surface area contributed by atoms with Crippen molar-refractivity contribution >= 4 is 11.9 Å². The number of hydrogen-bond acceptors (Lipinski definition) is 10. The molecule has 0 aromatic heterocycles. The average Bonchev–Trinajstić information content (AvgIpc) is 2.54. The van der Waals surface area contributed by atoms with Crippen LogP contribution in [0.4, 0.5) is 0 Å². The molecule has 1 amide bonds. The van der Waals surface area contributed by atoms with Gasteiger partial charge in [0.25, 0.3) is 0 Å². The summed E-state index contributed by atoms with van der Waals surface area (Å²) < 4.78 is 17.7. The van der Waals surface area contributed by atoms with E-state index in [9.17, 15) is 35.1 Å². The molecule has 0 aromatic carbocycles. The fourth-order valence-electron chi connectivity index (χ4n) is 10.2. The number of esters is 1. The minimum Gasteiger partial charge on any atom is -0.454 e. The first-order valence-corrected chi connectivity index (χ1v) is 35.5. The van der Waals surface area contributed by atoms with Gasteiger partial charge in [0.2, 0.25) is 5.91 Å². The van der Waals surface area contributed by atoms with E-state index in [4.69, 9.17) is 14.2 Å². The first-order valence-electron chi connectivity index (χ1n) is 35.5. The summed E-state index contributed by atoms with van der Waals surface area (Å²) in [6.45, 7) is 5.64. The summed E-state index contributed by atoms with van der Waals surface area (Å²) in [7, 11) is 0. The van der Waals surface area contributed by atoms with Gasteiger partial charge in [-0.2, -0.15) is 0 Å². The minimum atomic E-state index is -1.63. The van der Waals surface area contributed by atoms with E-state index in [1.807, 2.05) is 6.08 Å². The Morgan fingerprint density at radius 2 is 0.818 bits per heavy atom. The Hall–Kier alpha value is -4.20. The van der Waals surface area contributed by atoms with Crippen molar-refractivity contribution in [1.82, 2.24) is 5.32 Å². The lowest BCUT2D eigenvalue weighted by Crippen LogP contribution is -2.61. The Labute approximate surface area is 537 Å². The second kappa shape index (κ2) is 63.0. The molecule has 1 saturated heterocycles. The third kappa shape index (κ3) is 49.6. The molecule has 0 saturated carbocycles. The van der Waals surface area contributed by atoms with Crippen molar-refractivity contribution < 1.29 is 49.3 Å². The molecule has 0 spiro atoms. The Morgan fingerprint density at radius 1 is 0.455 bits per heavy atom. The monoisotopic (exact) mass is 1230 g/mol. The maximum absolute atomic E-state index is 13.5. The van der Waals surface area contributed by atoms with Crippen molar-refractivity contribution in [2.75, 3.05) is 13.2 Å². The smallest absolute Gasteiger partial charge is 0.306 e. The Kier molecular flexibility index (Phi) is 58.5. The molecule has 1 aliphatic rings. The van der Waals surface area contributed by atoms with Gasteiger partial charge in [0, 0.05) is 6.42 Å². The molecule has 88 heavy (non-hydrogen) atoms. The van der Waals surface area contributed by atoms with Gasteiger partial charge in [0.05, 0.1) is 25.4 Å². The zero-order valence-electron chi connectivity index (χ0n) is 55.8. The molecule has 0 aliphatic carbocycles. The molecule has 11 nitrogen and oxygen atoms in total. The number of aliphatic hydroxyl groups excluding tert-OH is 5. The molecule has 0 bridgehead atoms. The number of allylic oxidation sites excluding steroid dienone is 21. The maximum atomic E-state index is 13.5. The number of hydrogen-bond donors (Lipinski definition) is 6. The van der Waals surface area contributed by atoms with Gasteiger partial charge < -0.3 is 45.1 Å². The largest absolute Gasteiger partial charge is 0.454 e. The van der Waals surface area contributed by atoms with Gasteiger partial charge in [0.1, 0.15) is 24.4 Å². The van der Waals surface area contributed by atoms with Crippen LogP contribution in [0.25, 0.3) is 0 Å². The van der Waals surface area contributed by atoms with Crippen LogP contribution in [-0.2, 0) is 23.8 Å². The average molecular weight is 1230 g/mol. The predicted octanol–water partition coefficient (Wildman–Crippen LogP) is 18.3. The number of nitrogens with one attached hydrogen (secondary N) is 1. The van der Waals surface area contributed by atoms with Crippen molar-refractivity contribution in [2.45, 2.75) is 327 Å². The van der Waals surface area contributed by atoms with Crippen LogP contribution in [0.15, 0.2) is 134 Å². The quantitative estimate of drug-likeness (QED) is 0.0195. The zero-order valence-corrected chi connectivity index (χ0v) is 55.8. The van der Waals surface area contributed by atoms with Gasteiger partial charge in [-0.25, -0.2) is 0 Å². The van der Waals surface area contributed by atoms with Crippen molar-refractivity contribution in [1.29, 1.82) is 0 Å². The van der Waals surface area contributed by atoms with E-state index in [1.165, 1.54) is 96.3 Å². The molecule has 502 valence electrons. The van der Waals surface area contributed by atoms with Crippen molar-refractivity contribution in [3.8, 4) is 0 Å². The molecule has 1 fully saturated rings. The second-order valence-corrected chi connectivity index (χ2v) is 23.9.